The van der Waals surface area contributed by atoms with Crippen molar-refractivity contribution in [2.24, 2.45) is 5.92 Å². The number of carbonyl (C=O) groups is 3. The van der Waals surface area contributed by atoms with Crippen LogP contribution in [0.3, 0.4) is 0 Å². The Balaban J connectivity index is 2.60. The van der Waals surface area contributed by atoms with Gasteiger partial charge < -0.3 is 14.9 Å². The Morgan fingerprint density at radius 3 is 2.15 bits per heavy atom. The molecular formula is C13H23N3O4. The number of carbonyl (C=O) groups excluding carboxylic acids is 2. The molecule has 0 bridgehead atoms. The van der Waals surface area contributed by atoms with Crippen molar-refractivity contribution in [3.63, 3.8) is 0 Å². The Kier molecular flexibility index (Phi) is 5.10. The zero-order chi connectivity index (χ0) is 15.6. The van der Waals surface area contributed by atoms with Gasteiger partial charge in [0, 0.05) is 20.6 Å². The van der Waals surface area contributed by atoms with Gasteiger partial charge in [-0.1, -0.05) is 13.8 Å². The Hall–Kier alpha value is -1.63. The van der Waals surface area contributed by atoms with Crippen LogP contribution in [0.15, 0.2) is 0 Å². The lowest BCUT2D eigenvalue weighted by atomic mass is 10.0. The molecule has 0 radical (unpaired) electrons. The van der Waals surface area contributed by atoms with Crippen LogP contribution in [0.4, 0.5) is 0 Å². The smallest absolute Gasteiger partial charge is 0.326 e. The number of aliphatic carboxylic acids is 1. The molecule has 0 aromatic rings. The topological polar surface area (TPSA) is 80.9 Å². The average molecular weight is 285 g/mol. The lowest BCUT2D eigenvalue weighted by molar-refractivity contribution is -0.152. The third-order valence-electron chi connectivity index (χ3n) is 3.59. The zero-order valence-electron chi connectivity index (χ0n) is 12.7. The van der Waals surface area contributed by atoms with Crippen molar-refractivity contribution in [2.45, 2.75) is 25.9 Å². The minimum absolute atomic E-state index is 0.101. The van der Waals surface area contributed by atoms with Gasteiger partial charge in [0.15, 0.2) is 0 Å². The van der Waals surface area contributed by atoms with E-state index in [0.717, 1.165) is 0 Å². The van der Waals surface area contributed by atoms with Crippen molar-refractivity contribution >= 4 is 17.8 Å². The second kappa shape index (κ2) is 6.21. The number of carboxylic acid groups (broad SMARTS) is 1. The van der Waals surface area contributed by atoms with Crippen LogP contribution in [0.2, 0.25) is 0 Å². The lowest BCUT2D eigenvalue weighted by Crippen LogP contribution is -2.49. The van der Waals surface area contributed by atoms with Crippen LogP contribution in [0.1, 0.15) is 13.8 Å². The third kappa shape index (κ3) is 3.69. The molecule has 20 heavy (non-hydrogen) atoms. The van der Waals surface area contributed by atoms with E-state index in [1.807, 2.05) is 11.9 Å². The minimum Gasteiger partial charge on any atom is -0.480 e. The van der Waals surface area contributed by atoms with Gasteiger partial charge in [0.2, 0.25) is 11.8 Å². The summed E-state index contributed by atoms with van der Waals surface area (Å²) in [5, 5.41) is 9.16. The summed E-state index contributed by atoms with van der Waals surface area (Å²) in [4.78, 5) is 39.6. The molecule has 0 aliphatic carbocycles. The van der Waals surface area contributed by atoms with Gasteiger partial charge in [0.1, 0.15) is 12.1 Å². The molecule has 1 N–H and O–H groups in total. The van der Waals surface area contributed by atoms with Crippen LogP contribution in [0.25, 0.3) is 0 Å². The van der Waals surface area contributed by atoms with E-state index in [1.165, 1.54) is 16.8 Å². The van der Waals surface area contributed by atoms with Crippen LogP contribution >= 0.6 is 0 Å². The molecular weight excluding hydrogens is 262 g/mol. The standard InChI is InChI=1S/C13H23N3O4/c1-8(2)11(13(19)20)16(5)10(17)7-15(4)12(18)9-6-14(9)3/h8-9,11H,6-7H2,1-5H3,(H,19,20)/t9-,11+,14?/m1/s1. The third-order valence-corrected chi connectivity index (χ3v) is 3.59. The van der Waals surface area contributed by atoms with Gasteiger partial charge >= 0.3 is 5.97 Å². The van der Waals surface area contributed by atoms with Crippen molar-refractivity contribution in [3.8, 4) is 0 Å². The highest BCUT2D eigenvalue weighted by molar-refractivity contribution is 5.90. The zero-order valence-corrected chi connectivity index (χ0v) is 12.7. The normalized spacial score (nSPS) is 22.3. The Labute approximate surface area is 119 Å². The maximum atomic E-state index is 12.1. The van der Waals surface area contributed by atoms with Crippen LogP contribution in [0, 0.1) is 5.92 Å². The van der Waals surface area contributed by atoms with Gasteiger partial charge in [-0.15, -0.1) is 0 Å². The van der Waals surface area contributed by atoms with E-state index >= 15 is 0 Å². The molecule has 114 valence electrons. The SMILES string of the molecule is CC(C)[C@@H](C(=O)O)N(C)C(=O)CN(C)C(=O)[C@H]1CN1C. The summed E-state index contributed by atoms with van der Waals surface area (Å²) < 4.78 is 0. The molecule has 3 atom stereocenters. The van der Waals surface area contributed by atoms with E-state index in [1.54, 1.807) is 20.9 Å². The molecule has 1 unspecified atom stereocenters. The molecule has 1 fully saturated rings. The molecule has 0 saturated carbocycles. The molecule has 0 aromatic heterocycles. The maximum Gasteiger partial charge on any atom is 0.326 e. The number of hydrogen-bond acceptors (Lipinski definition) is 4. The van der Waals surface area contributed by atoms with E-state index in [2.05, 4.69) is 0 Å². The quantitative estimate of drug-likeness (QED) is 0.654. The Bertz CT molecular complexity index is 410. The van der Waals surface area contributed by atoms with Crippen molar-refractivity contribution in [1.29, 1.82) is 0 Å². The summed E-state index contributed by atoms with van der Waals surface area (Å²) in [5.41, 5.74) is 0. The minimum atomic E-state index is -1.04. The molecule has 0 spiro atoms. The number of hydrogen-bond donors (Lipinski definition) is 1. The van der Waals surface area contributed by atoms with Gasteiger partial charge in [-0.2, -0.15) is 0 Å². The lowest BCUT2D eigenvalue weighted by Gasteiger charge is -2.29. The molecule has 1 aliphatic heterocycles. The van der Waals surface area contributed by atoms with E-state index in [-0.39, 0.29) is 30.3 Å². The average Bonchev–Trinajstić information content (AvgIpc) is 3.04. The van der Waals surface area contributed by atoms with Crippen molar-refractivity contribution in [2.75, 3.05) is 34.2 Å². The highest BCUT2D eigenvalue weighted by Crippen LogP contribution is 2.16. The van der Waals surface area contributed by atoms with E-state index < -0.39 is 12.0 Å². The van der Waals surface area contributed by atoms with Crippen molar-refractivity contribution in [3.05, 3.63) is 0 Å². The first-order chi connectivity index (χ1) is 9.16. The summed E-state index contributed by atoms with van der Waals surface area (Å²) >= 11 is 0. The van der Waals surface area contributed by atoms with Crippen LogP contribution in [0.5, 0.6) is 0 Å². The van der Waals surface area contributed by atoms with Crippen LogP contribution in [-0.2, 0) is 14.4 Å². The molecule has 7 heteroatoms. The molecule has 1 saturated heterocycles. The van der Waals surface area contributed by atoms with Gasteiger partial charge in [-0.3, -0.25) is 14.5 Å². The van der Waals surface area contributed by atoms with E-state index in [9.17, 15) is 14.4 Å². The summed E-state index contributed by atoms with van der Waals surface area (Å²) in [6, 6.07) is -1.02. The Morgan fingerprint density at radius 1 is 1.30 bits per heavy atom. The molecule has 1 aliphatic rings. The van der Waals surface area contributed by atoms with Crippen LogP contribution in [-0.4, -0.2) is 83.9 Å². The molecule has 1 rings (SSSR count). The van der Waals surface area contributed by atoms with Gasteiger partial charge in [0.25, 0.3) is 0 Å². The van der Waals surface area contributed by atoms with Crippen molar-refractivity contribution < 1.29 is 19.5 Å². The van der Waals surface area contributed by atoms with Crippen LogP contribution < -0.4 is 0 Å². The largest absolute Gasteiger partial charge is 0.480 e. The number of amides is 2. The Morgan fingerprint density at radius 2 is 1.80 bits per heavy atom. The number of carboxylic acids is 1. The highest BCUT2D eigenvalue weighted by atomic mass is 16.4. The number of nitrogens with zero attached hydrogens (tertiary/aromatic N) is 3. The fraction of sp³-hybridized carbons (Fsp3) is 0.769. The monoisotopic (exact) mass is 285 g/mol. The molecule has 2 amide bonds. The first-order valence-corrected chi connectivity index (χ1v) is 6.60. The van der Waals surface area contributed by atoms with Gasteiger partial charge in [-0.05, 0) is 13.0 Å². The number of rotatable bonds is 6. The van der Waals surface area contributed by atoms with E-state index in [4.69, 9.17) is 5.11 Å². The summed E-state index contributed by atoms with van der Waals surface area (Å²) in [6.07, 6.45) is 0. The highest BCUT2D eigenvalue weighted by Gasteiger charge is 2.39. The summed E-state index contributed by atoms with van der Waals surface area (Å²) in [6.45, 7) is 4.10. The summed E-state index contributed by atoms with van der Waals surface area (Å²) in [7, 11) is 4.86. The second-order valence-corrected chi connectivity index (χ2v) is 5.68. The predicted molar refractivity (Wildman–Crippen MR) is 73.1 cm³/mol. The fourth-order valence-corrected chi connectivity index (χ4v) is 2.19. The first-order valence-electron chi connectivity index (χ1n) is 6.60. The number of likely N-dealkylation sites (N-methyl/N-ethyl adjacent to an activating group) is 3. The predicted octanol–water partition coefficient (Wildman–Crippen LogP) is -0.674. The first kappa shape index (κ1) is 16.4. The van der Waals surface area contributed by atoms with Crippen molar-refractivity contribution in [1.82, 2.24) is 14.7 Å². The maximum absolute atomic E-state index is 12.1. The fourth-order valence-electron chi connectivity index (χ4n) is 2.19. The molecule has 7 nitrogen and oxygen atoms in total. The van der Waals surface area contributed by atoms with E-state index in [0.29, 0.717) is 6.54 Å². The summed E-state index contributed by atoms with van der Waals surface area (Å²) in [5.74, 6) is -1.71. The molecule has 1 heterocycles. The second-order valence-electron chi connectivity index (χ2n) is 5.68. The van der Waals surface area contributed by atoms with Gasteiger partial charge in [0.05, 0.1) is 6.54 Å². The van der Waals surface area contributed by atoms with Gasteiger partial charge in [-0.25, -0.2) is 4.79 Å². The molecule has 0 aromatic carbocycles.